The van der Waals surface area contributed by atoms with Crippen LogP contribution in [0.15, 0.2) is 53.1 Å². The van der Waals surface area contributed by atoms with Crippen molar-refractivity contribution in [2.24, 2.45) is 0 Å². The van der Waals surface area contributed by atoms with Crippen molar-refractivity contribution in [3.05, 3.63) is 75.4 Å². The van der Waals surface area contributed by atoms with Crippen molar-refractivity contribution in [3.8, 4) is 11.3 Å². The van der Waals surface area contributed by atoms with Gasteiger partial charge in [-0.3, -0.25) is 4.79 Å². The minimum Gasteiger partial charge on any atom is -0.355 e. The number of benzene rings is 2. The molecule has 0 saturated carbocycles. The fourth-order valence-corrected chi connectivity index (χ4v) is 3.52. The summed E-state index contributed by atoms with van der Waals surface area (Å²) < 4.78 is 5.33. The molecule has 2 aromatic carbocycles. The summed E-state index contributed by atoms with van der Waals surface area (Å²) in [5.41, 5.74) is 3.40. The van der Waals surface area contributed by atoms with E-state index in [0.29, 0.717) is 34.5 Å². The van der Waals surface area contributed by atoms with Gasteiger partial charge in [0.05, 0.1) is 5.02 Å². The highest BCUT2D eigenvalue weighted by Crippen LogP contribution is 2.31. The number of amides is 1. The van der Waals surface area contributed by atoms with E-state index in [1.165, 1.54) is 11.1 Å². The standard InChI is InChI=1S/C19H14Cl2N2O2/c20-14-5-6-15(16(21)9-14)18-10-17(22-25-18)19(24)23-8-7-12-3-1-2-4-13(12)11-23/h1-6,9-10H,7-8,11H2. The Morgan fingerprint density at radius 2 is 1.88 bits per heavy atom. The van der Waals surface area contributed by atoms with Gasteiger partial charge in [0, 0.05) is 29.7 Å². The first-order chi connectivity index (χ1) is 12.1. The molecule has 25 heavy (non-hydrogen) atoms. The van der Waals surface area contributed by atoms with Crippen LogP contribution in [0.1, 0.15) is 21.6 Å². The van der Waals surface area contributed by atoms with Crippen LogP contribution in [0.5, 0.6) is 0 Å². The van der Waals surface area contributed by atoms with Gasteiger partial charge in [0.25, 0.3) is 5.91 Å². The van der Waals surface area contributed by atoms with Gasteiger partial charge in [0.15, 0.2) is 11.5 Å². The Balaban J connectivity index is 1.57. The number of carbonyl (C=O) groups is 1. The molecule has 1 aliphatic heterocycles. The zero-order valence-electron chi connectivity index (χ0n) is 13.2. The zero-order valence-corrected chi connectivity index (χ0v) is 14.7. The highest BCUT2D eigenvalue weighted by Gasteiger charge is 2.24. The van der Waals surface area contributed by atoms with Gasteiger partial charge < -0.3 is 9.42 Å². The van der Waals surface area contributed by atoms with Crippen LogP contribution in [0.3, 0.4) is 0 Å². The van der Waals surface area contributed by atoms with Crippen molar-refractivity contribution < 1.29 is 9.32 Å². The summed E-state index contributed by atoms with van der Waals surface area (Å²) in [6.07, 6.45) is 0.843. The number of nitrogens with zero attached hydrogens (tertiary/aromatic N) is 2. The summed E-state index contributed by atoms with van der Waals surface area (Å²) in [6.45, 7) is 1.25. The van der Waals surface area contributed by atoms with E-state index in [1.54, 1.807) is 29.2 Å². The Kier molecular flexibility index (Phi) is 4.24. The summed E-state index contributed by atoms with van der Waals surface area (Å²) >= 11 is 12.1. The monoisotopic (exact) mass is 372 g/mol. The van der Waals surface area contributed by atoms with Crippen LogP contribution in [0.25, 0.3) is 11.3 Å². The largest absolute Gasteiger partial charge is 0.355 e. The van der Waals surface area contributed by atoms with E-state index < -0.39 is 0 Å². The first-order valence-electron chi connectivity index (χ1n) is 7.90. The topological polar surface area (TPSA) is 46.3 Å². The van der Waals surface area contributed by atoms with Gasteiger partial charge in [0.2, 0.25) is 0 Å². The first-order valence-corrected chi connectivity index (χ1v) is 8.65. The molecule has 4 nitrogen and oxygen atoms in total. The minimum atomic E-state index is -0.144. The molecule has 1 aliphatic rings. The van der Waals surface area contributed by atoms with E-state index in [0.717, 1.165) is 6.42 Å². The second kappa shape index (κ2) is 6.54. The molecule has 0 spiro atoms. The summed E-state index contributed by atoms with van der Waals surface area (Å²) in [4.78, 5) is 14.5. The molecule has 0 aliphatic carbocycles. The highest BCUT2D eigenvalue weighted by atomic mass is 35.5. The predicted octanol–water partition coefficient (Wildman–Crippen LogP) is 4.85. The lowest BCUT2D eigenvalue weighted by molar-refractivity contribution is 0.0724. The fourth-order valence-electron chi connectivity index (χ4n) is 3.02. The van der Waals surface area contributed by atoms with Crippen molar-refractivity contribution in [1.82, 2.24) is 10.1 Å². The number of rotatable bonds is 2. The van der Waals surface area contributed by atoms with Crippen LogP contribution in [0.2, 0.25) is 10.0 Å². The molecular formula is C19H14Cl2N2O2. The van der Waals surface area contributed by atoms with Crippen LogP contribution in [0.4, 0.5) is 0 Å². The molecule has 1 aromatic heterocycles. The number of carbonyl (C=O) groups excluding carboxylic acids is 1. The Bertz CT molecular complexity index is 952. The summed E-state index contributed by atoms with van der Waals surface area (Å²) in [5.74, 6) is 0.303. The molecule has 0 bridgehead atoms. The smallest absolute Gasteiger partial charge is 0.276 e. The molecule has 4 rings (SSSR count). The molecule has 0 radical (unpaired) electrons. The molecule has 6 heteroatoms. The number of hydrogen-bond acceptors (Lipinski definition) is 3. The van der Waals surface area contributed by atoms with Gasteiger partial charge in [0.1, 0.15) is 0 Å². The van der Waals surface area contributed by atoms with Gasteiger partial charge in [-0.05, 0) is 35.7 Å². The average molecular weight is 373 g/mol. The molecular weight excluding hydrogens is 359 g/mol. The van der Waals surface area contributed by atoms with E-state index in [1.807, 2.05) is 12.1 Å². The van der Waals surface area contributed by atoms with Crippen molar-refractivity contribution in [3.63, 3.8) is 0 Å². The Morgan fingerprint density at radius 3 is 2.68 bits per heavy atom. The number of fused-ring (bicyclic) bond motifs is 1. The number of aromatic nitrogens is 1. The van der Waals surface area contributed by atoms with E-state index in [-0.39, 0.29) is 11.6 Å². The van der Waals surface area contributed by atoms with Crippen LogP contribution in [-0.2, 0) is 13.0 Å². The van der Waals surface area contributed by atoms with Crippen molar-refractivity contribution in [2.75, 3.05) is 6.54 Å². The van der Waals surface area contributed by atoms with E-state index >= 15 is 0 Å². The predicted molar refractivity (Wildman–Crippen MR) is 96.8 cm³/mol. The van der Waals surface area contributed by atoms with Crippen LogP contribution < -0.4 is 0 Å². The van der Waals surface area contributed by atoms with Crippen LogP contribution in [-0.4, -0.2) is 22.5 Å². The summed E-state index contributed by atoms with van der Waals surface area (Å²) in [7, 11) is 0. The molecule has 0 unspecified atom stereocenters. The van der Waals surface area contributed by atoms with Crippen LogP contribution >= 0.6 is 23.2 Å². The van der Waals surface area contributed by atoms with Crippen molar-refractivity contribution >= 4 is 29.1 Å². The number of hydrogen-bond donors (Lipinski definition) is 0. The molecule has 126 valence electrons. The van der Waals surface area contributed by atoms with Gasteiger partial charge in [-0.2, -0.15) is 0 Å². The zero-order chi connectivity index (χ0) is 17.4. The van der Waals surface area contributed by atoms with Gasteiger partial charge in [-0.25, -0.2) is 0 Å². The van der Waals surface area contributed by atoms with E-state index in [2.05, 4.69) is 17.3 Å². The van der Waals surface area contributed by atoms with Gasteiger partial charge in [-0.1, -0.05) is 52.6 Å². The molecule has 0 N–H and O–H groups in total. The fraction of sp³-hybridized carbons (Fsp3) is 0.158. The van der Waals surface area contributed by atoms with E-state index in [9.17, 15) is 4.79 Å². The lowest BCUT2D eigenvalue weighted by atomic mass is 10.00. The second-order valence-corrected chi connectivity index (χ2v) is 6.79. The first kappa shape index (κ1) is 16.2. The third-order valence-electron chi connectivity index (χ3n) is 4.34. The van der Waals surface area contributed by atoms with Gasteiger partial charge >= 0.3 is 0 Å². The lowest BCUT2D eigenvalue weighted by Crippen LogP contribution is -2.36. The molecule has 2 heterocycles. The molecule has 0 fully saturated rings. The Morgan fingerprint density at radius 1 is 1.08 bits per heavy atom. The third-order valence-corrected chi connectivity index (χ3v) is 4.89. The third kappa shape index (κ3) is 3.15. The quantitative estimate of drug-likeness (QED) is 0.645. The maximum absolute atomic E-state index is 12.7. The maximum atomic E-state index is 12.7. The highest BCUT2D eigenvalue weighted by molar-refractivity contribution is 6.36. The second-order valence-electron chi connectivity index (χ2n) is 5.95. The van der Waals surface area contributed by atoms with Crippen molar-refractivity contribution in [1.29, 1.82) is 0 Å². The minimum absolute atomic E-state index is 0.144. The Labute approximate surface area is 154 Å². The average Bonchev–Trinajstić information content (AvgIpc) is 3.10. The molecule has 0 saturated heterocycles. The summed E-state index contributed by atoms with van der Waals surface area (Å²) in [5, 5.41) is 4.92. The van der Waals surface area contributed by atoms with Crippen LogP contribution in [0, 0.1) is 0 Å². The maximum Gasteiger partial charge on any atom is 0.276 e. The Hall–Kier alpha value is -2.30. The van der Waals surface area contributed by atoms with Crippen molar-refractivity contribution in [2.45, 2.75) is 13.0 Å². The molecule has 0 atom stereocenters. The normalized spacial score (nSPS) is 13.6. The van der Waals surface area contributed by atoms with E-state index in [4.69, 9.17) is 27.7 Å². The molecule has 3 aromatic rings. The summed E-state index contributed by atoms with van der Waals surface area (Å²) in [6, 6.07) is 14.9. The van der Waals surface area contributed by atoms with Gasteiger partial charge in [-0.15, -0.1) is 0 Å². The number of halogens is 2. The SMILES string of the molecule is O=C(c1cc(-c2ccc(Cl)cc2Cl)on1)N1CCc2ccccc2C1. The lowest BCUT2D eigenvalue weighted by Gasteiger charge is -2.28. The molecule has 1 amide bonds.